The first-order chi connectivity index (χ1) is 9.77. The van der Waals surface area contributed by atoms with Gasteiger partial charge < -0.3 is 15.3 Å². The van der Waals surface area contributed by atoms with Crippen molar-refractivity contribution in [3.63, 3.8) is 0 Å². The molecule has 0 aromatic carbocycles. The van der Waals surface area contributed by atoms with Gasteiger partial charge in [0.25, 0.3) is 0 Å². The average Bonchev–Trinajstić information content (AvgIpc) is 2.37. The zero-order valence-corrected chi connectivity index (χ0v) is 14.2. The number of carboxylic acid groups (broad SMARTS) is 1. The van der Waals surface area contributed by atoms with Crippen molar-refractivity contribution < 1.29 is 14.7 Å². The Labute approximate surface area is 129 Å². The van der Waals surface area contributed by atoms with Crippen LogP contribution in [0.3, 0.4) is 0 Å². The number of carbonyl (C=O) groups excluding carboxylic acids is 1. The molecule has 0 heterocycles. The summed E-state index contributed by atoms with van der Waals surface area (Å²) in [5.74, 6) is 0.0772. The fourth-order valence-electron chi connectivity index (χ4n) is 1.93. The molecule has 0 aliphatic carbocycles. The third kappa shape index (κ3) is 9.32. The SMILES string of the molecule is CCC[C@@H](NC(=O)N(CCC(C)C)CCC(C)C)C(=O)O. The molecule has 0 saturated heterocycles. The molecule has 0 aliphatic heterocycles. The highest BCUT2D eigenvalue weighted by Gasteiger charge is 2.22. The number of hydrogen-bond acceptors (Lipinski definition) is 2. The maximum atomic E-state index is 12.3. The summed E-state index contributed by atoms with van der Waals surface area (Å²) in [4.78, 5) is 25.2. The quantitative estimate of drug-likeness (QED) is 0.650. The summed E-state index contributed by atoms with van der Waals surface area (Å²) >= 11 is 0. The lowest BCUT2D eigenvalue weighted by Crippen LogP contribution is -2.48. The van der Waals surface area contributed by atoms with Crippen LogP contribution in [-0.2, 0) is 4.79 Å². The zero-order chi connectivity index (χ0) is 16.4. The Bertz CT molecular complexity index is 305. The van der Waals surface area contributed by atoms with E-state index in [1.807, 2.05) is 6.92 Å². The first-order valence-corrected chi connectivity index (χ1v) is 8.06. The number of urea groups is 1. The minimum Gasteiger partial charge on any atom is -0.480 e. The van der Waals surface area contributed by atoms with E-state index in [9.17, 15) is 9.59 Å². The van der Waals surface area contributed by atoms with Gasteiger partial charge in [-0.2, -0.15) is 0 Å². The van der Waals surface area contributed by atoms with Crippen molar-refractivity contribution in [3.05, 3.63) is 0 Å². The highest BCUT2D eigenvalue weighted by Crippen LogP contribution is 2.08. The van der Waals surface area contributed by atoms with Gasteiger partial charge >= 0.3 is 12.0 Å². The van der Waals surface area contributed by atoms with Crippen LogP contribution in [0, 0.1) is 11.8 Å². The van der Waals surface area contributed by atoms with E-state index in [-0.39, 0.29) is 6.03 Å². The van der Waals surface area contributed by atoms with Gasteiger partial charge in [0.1, 0.15) is 6.04 Å². The van der Waals surface area contributed by atoms with Gasteiger partial charge in [0.05, 0.1) is 0 Å². The zero-order valence-electron chi connectivity index (χ0n) is 14.2. The number of rotatable bonds is 10. The normalized spacial score (nSPS) is 12.5. The molecule has 2 amide bonds. The molecule has 0 saturated carbocycles. The van der Waals surface area contributed by atoms with E-state index in [2.05, 4.69) is 33.0 Å². The molecule has 5 heteroatoms. The van der Waals surface area contributed by atoms with Crippen LogP contribution in [0.5, 0.6) is 0 Å². The molecule has 21 heavy (non-hydrogen) atoms. The van der Waals surface area contributed by atoms with Gasteiger partial charge in [-0.3, -0.25) is 0 Å². The Balaban J connectivity index is 4.62. The highest BCUT2D eigenvalue weighted by atomic mass is 16.4. The number of carbonyl (C=O) groups is 2. The van der Waals surface area contributed by atoms with Crippen LogP contribution < -0.4 is 5.32 Å². The van der Waals surface area contributed by atoms with E-state index in [1.165, 1.54) is 0 Å². The van der Waals surface area contributed by atoms with Gasteiger partial charge in [0.2, 0.25) is 0 Å². The summed E-state index contributed by atoms with van der Waals surface area (Å²) in [5, 5.41) is 11.8. The molecule has 0 radical (unpaired) electrons. The number of aliphatic carboxylic acids is 1. The van der Waals surface area contributed by atoms with Crippen LogP contribution in [0.2, 0.25) is 0 Å². The van der Waals surface area contributed by atoms with Crippen molar-refractivity contribution in [2.45, 2.75) is 66.3 Å². The van der Waals surface area contributed by atoms with Gasteiger partial charge in [-0.1, -0.05) is 41.0 Å². The van der Waals surface area contributed by atoms with Crippen LogP contribution in [0.4, 0.5) is 4.79 Å². The number of amides is 2. The monoisotopic (exact) mass is 300 g/mol. The first kappa shape index (κ1) is 19.7. The second-order valence-corrected chi connectivity index (χ2v) is 6.48. The van der Waals surface area contributed by atoms with E-state index in [0.29, 0.717) is 31.3 Å². The van der Waals surface area contributed by atoms with E-state index < -0.39 is 12.0 Å². The Kier molecular flexibility index (Phi) is 9.84. The van der Waals surface area contributed by atoms with Crippen molar-refractivity contribution in [2.24, 2.45) is 11.8 Å². The van der Waals surface area contributed by atoms with Gasteiger partial charge in [0, 0.05) is 13.1 Å². The molecular formula is C16H32N2O3. The van der Waals surface area contributed by atoms with Crippen molar-refractivity contribution >= 4 is 12.0 Å². The summed E-state index contributed by atoms with van der Waals surface area (Å²) in [6, 6.07) is -1.04. The predicted molar refractivity (Wildman–Crippen MR) is 85.3 cm³/mol. The van der Waals surface area contributed by atoms with Gasteiger partial charge in [-0.25, -0.2) is 9.59 Å². The highest BCUT2D eigenvalue weighted by molar-refractivity contribution is 5.82. The summed E-state index contributed by atoms with van der Waals surface area (Å²) in [5.41, 5.74) is 0. The Morgan fingerprint density at radius 2 is 1.48 bits per heavy atom. The van der Waals surface area contributed by atoms with E-state index in [1.54, 1.807) is 4.90 Å². The largest absolute Gasteiger partial charge is 0.480 e. The summed E-state index contributed by atoms with van der Waals surface area (Å²) in [7, 11) is 0. The minimum atomic E-state index is -0.960. The van der Waals surface area contributed by atoms with Crippen molar-refractivity contribution in [1.82, 2.24) is 10.2 Å². The molecule has 0 unspecified atom stereocenters. The smallest absolute Gasteiger partial charge is 0.326 e. The summed E-state index contributed by atoms with van der Waals surface area (Å²) in [6.45, 7) is 11.7. The van der Waals surface area contributed by atoms with Crippen LogP contribution in [0.15, 0.2) is 0 Å². The fourth-order valence-corrected chi connectivity index (χ4v) is 1.93. The molecule has 0 bridgehead atoms. The third-order valence-corrected chi connectivity index (χ3v) is 3.41. The molecule has 0 aromatic heterocycles. The van der Waals surface area contributed by atoms with Crippen molar-refractivity contribution in [3.8, 4) is 0 Å². The maximum absolute atomic E-state index is 12.3. The van der Waals surface area contributed by atoms with Crippen molar-refractivity contribution in [2.75, 3.05) is 13.1 Å². The molecular weight excluding hydrogens is 268 g/mol. The van der Waals surface area contributed by atoms with Gasteiger partial charge in [-0.15, -0.1) is 0 Å². The molecule has 1 atom stereocenters. The molecule has 0 spiro atoms. The van der Waals surface area contributed by atoms with Crippen molar-refractivity contribution in [1.29, 1.82) is 0 Å². The lowest BCUT2D eigenvalue weighted by Gasteiger charge is -2.26. The standard InChI is InChI=1S/C16H32N2O3/c1-6-7-14(15(19)20)17-16(21)18(10-8-12(2)3)11-9-13(4)5/h12-14H,6-11H2,1-5H3,(H,17,21)(H,19,20)/t14-/m1/s1. The maximum Gasteiger partial charge on any atom is 0.326 e. The minimum absolute atomic E-state index is 0.253. The second-order valence-electron chi connectivity index (χ2n) is 6.48. The van der Waals surface area contributed by atoms with Crippen LogP contribution in [-0.4, -0.2) is 41.1 Å². The Morgan fingerprint density at radius 1 is 1.00 bits per heavy atom. The lowest BCUT2D eigenvalue weighted by molar-refractivity contribution is -0.139. The Hall–Kier alpha value is -1.26. The molecule has 5 nitrogen and oxygen atoms in total. The molecule has 0 aliphatic rings. The van der Waals surface area contributed by atoms with Crippen LogP contribution in [0.1, 0.15) is 60.3 Å². The Morgan fingerprint density at radius 3 is 1.81 bits per heavy atom. The summed E-state index contributed by atoms with van der Waals surface area (Å²) < 4.78 is 0. The van der Waals surface area contributed by atoms with E-state index >= 15 is 0 Å². The third-order valence-electron chi connectivity index (χ3n) is 3.41. The molecule has 0 fully saturated rings. The van der Waals surface area contributed by atoms with Crippen LogP contribution >= 0.6 is 0 Å². The number of nitrogens with one attached hydrogen (secondary N) is 1. The number of hydrogen-bond donors (Lipinski definition) is 2. The first-order valence-electron chi connectivity index (χ1n) is 8.06. The van der Waals surface area contributed by atoms with Crippen LogP contribution in [0.25, 0.3) is 0 Å². The number of carboxylic acids is 1. The van der Waals surface area contributed by atoms with E-state index in [0.717, 1.165) is 19.3 Å². The fraction of sp³-hybridized carbons (Fsp3) is 0.875. The van der Waals surface area contributed by atoms with E-state index in [4.69, 9.17) is 5.11 Å². The topological polar surface area (TPSA) is 69.6 Å². The summed E-state index contributed by atoms with van der Waals surface area (Å²) in [6.07, 6.45) is 3.05. The molecule has 0 rings (SSSR count). The molecule has 124 valence electrons. The molecule has 2 N–H and O–H groups in total. The second kappa shape index (κ2) is 10.5. The average molecular weight is 300 g/mol. The van der Waals surface area contributed by atoms with Gasteiger partial charge in [-0.05, 0) is 31.1 Å². The lowest BCUT2D eigenvalue weighted by atomic mass is 10.1. The number of nitrogens with zero attached hydrogens (tertiary/aromatic N) is 1. The predicted octanol–water partition coefficient (Wildman–Crippen LogP) is 3.34. The van der Waals surface area contributed by atoms with Gasteiger partial charge in [0.15, 0.2) is 0 Å². The molecule has 0 aromatic rings.